The lowest BCUT2D eigenvalue weighted by atomic mass is 9.96. The van der Waals surface area contributed by atoms with Crippen molar-refractivity contribution in [1.29, 1.82) is 5.26 Å². The topological polar surface area (TPSA) is 62.7 Å². The number of rotatable bonds is 2. The maximum Gasteiger partial charge on any atom is 0.142 e. The molecule has 2 N–H and O–H groups in total. The Morgan fingerprint density at radius 1 is 0.960 bits per heavy atom. The minimum Gasteiger partial charge on any atom is -0.383 e. The second-order valence-electron chi connectivity index (χ2n) is 5.87. The highest BCUT2D eigenvalue weighted by Gasteiger charge is 2.15. The predicted octanol–water partition coefficient (Wildman–Crippen LogP) is 5.79. The molecule has 0 aliphatic carbocycles. The summed E-state index contributed by atoms with van der Waals surface area (Å²) in [5.74, 6) is 0.195. The smallest absolute Gasteiger partial charge is 0.142 e. The first-order valence-electron chi connectivity index (χ1n) is 7.64. The van der Waals surface area contributed by atoms with Crippen molar-refractivity contribution in [3.8, 4) is 28.5 Å². The monoisotopic (exact) mass is 367 g/mol. The van der Waals surface area contributed by atoms with Crippen molar-refractivity contribution in [2.24, 2.45) is 0 Å². The van der Waals surface area contributed by atoms with Crippen molar-refractivity contribution < 1.29 is 0 Å². The van der Waals surface area contributed by atoms with Gasteiger partial charge in [0.25, 0.3) is 0 Å². The summed E-state index contributed by atoms with van der Waals surface area (Å²) in [5.41, 5.74) is 11.8. The molecular weight excluding hydrogens is 353 g/mol. The minimum absolute atomic E-state index is 0.195. The van der Waals surface area contributed by atoms with E-state index in [0.717, 1.165) is 22.4 Å². The lowest BCUT2D eigenvalue weighted by Crippen LogP contribution is -2.00. The molecule has 1 aromatic heterocycles. The van der Waals surface area contributed by atoms with Crippen molar-refractivity contribution >= 4 is 29.0 Å². The number of nitrogens with two attached hydrogens (primary N) is 1. The Balaban J connectivity index is 2.26. The summed E-state index contributed by atoms with van der Waals surface area (Å²) >= 11 is 12.1. The third-order valence-corrected chi connectivity index (χ3v) is 4.79. The molecule has 1 heterocycles. The lowest BCUT2D eigenvalue weighted by molar-refractivity contribution is 1.28. The van der Waals surface area contributed by atoms with E-state index in [-0.39, 0.29) is 5.82 Å². The quantitative estimate of drug-likeness (QED) is 0.622. The number of nitrogens with zero attached hydrogens (tertiary/aromatic N) is 2. The largest absolute Gasteiger partial charge is 0.383 e. The van der Waals surface area contributed by atoms with Crippen LogP contribution < -0.4 is 5.73 Å². The van der Waals surface area contributed by atoms with Gasteiger partial charge in [0.2, 0.25) is 0 Å². The molecular formula is C20H15Cl2N3. The van der Waals surface area contributed by atoms with Crippen LogP contribution in [0.2, 0.25) is 10.0 Å². The molecule has 0 saturated carbocycles. The van der Waals surface area contributed by atoms with Crippen molar-refractivity contribution in [2.75, 3.05) is 5.73 Å². The number of nitrogen functional groups attached to an aromatic ring is 1. The Morgan fingerprint density at radius 2 is 1.72 bits per heavy atom. The van der Waals surface area contributed by atoms with Crippen LogP contribution in [0.3, 0.4) is 0 Å². The van der Waals surface area contributed by atoms with E-state index in [0.29, 0.717) is 21.2 Å². The van der Waals surface area contributed by atoms with Crippen molar-refractivity contribution in [2.45, 2.75) is 13.8 Å². The molecule has 0 unspecified atom stereocenters. The van der Waals surface area contributed by atoms with E-state index in [1.54, 1.807) is 12.1 Å². The van der Waals surface area contributed by atoms with Gasteiger partial charge in [0.1, 0.15) is 17.5 Å². The fourth-order valence-corrected chi connectivity index (χ4v) is 3.11. The minimum atomic E-state index is 0.195. The second kappa shape index (κ2) is 6.76. The fourth-order valence-electron chi connectivity index (χ4n) is 2.81. The fraction of sp³-hybridized carbons (Fsp3) is 0.100. The summed E-state index contributed by atoms with van der Waals surface area (Å²) in [6, 6.07) is 15.4. The second-order valence-corrected chi connectivity index (χ2v) is 6.69. The van der Waals surface area contributed by atoms with Crippen LogP contribution >= 0.6 is 23.2 Å². The van der Waals surface area contributed by atoms with E-state index >= 15 is 0 Å². The molecule has 0 radical (unpaired) electrons. The Hall–Kier alpha value is -2.54. The molecule has 5 heteroatoms. The van der Waals surface area contributed by atoms with Crippen LogP contribution in [0.1, 0.15) is 16.7 Å². The molecule has 0 spiro atoms. The molecule has 0 aliphatic rings. The van der Waals surface area contributed by atoms with Crippen LogP contribution in [0, 0.1) is 25.2 Å². The van der Waals surface area contributed by atoms with Crippen LogP contribution in [-0.2, 0) is 0 Å². The number of pyridine rings is 1. The van der Waals surface area contributed by atoms with Gasteiger partial charge in [-0.3, -0.25) is 0 Å². The first kappa shape index (κ1) is 17.3. The molecule has 0 saturated heterocycles. The average molecular weight is 368 g/mol. The summed E-state index contributed by atoms with van der Waals surface area (Å²) in [5, 5.41) is 10.4. The van der Waals surface area contributed by atoms with E-state index in [2.05, 4.69) is 17.1 Å². The summed E-state index contributed by atoms with van der Waals surface area (Å²) in [6.45, 7) is 4.07. The zero-order valence-corrected chi connectivity index (χ0v) is 15.3. The van der Waals surface area contributed by atoms with E-state index in [1.807, 2.05) is 38.1 Å². The molecule has 0 bridgehead atoms. The summed E-state index contributed by atoms with van der Waals surface area (Å²) in [6.07, 6.45) is 0. The SMILES string of the molecule is Cc1ccc(-c2cc(-c3ccc(Cl)c(Cl)c3)c(C#N)c(N)n2)c(C)c1. The third kappa shape index (κ3) is 3.32. The van der Waals surface area contributed by atoms with Gasteiger partial charge in [0.05, 0.1) is 15.7 Å². The predicted molar refractivity (Wildman–Crippen MR) is 104 cm³/mol. The zero-order chi connectivity index (χ0) is 18.1. The third-order valence-electron chi connectivity index (χ3n) is 4.05. The number of hydrogen-bond acceptors (Lipinski definition) is 3. The molecule has 3 nitrogen and oxygen atoms in total. The van der Waals surface area contributed by atoms with Crippen molar-refractivity contribution in [3.63, 3.8) is 0 Å². The first-order valence-corrected chi connectivity index (χ1v) is 8.40. The molecule has 0 aliphatic heterocycles. The highest BCUT2D eigenvalue weighted by Crippen LogP contribution is 2.35. The van der Waals surface area contributed by atoms with Gasteiger partial charge >= 0.3 is 0 Å². The standard InChI is InChI=1S/C20H15Cl2N3/c1-11-3-5-14(12(2)7-11)19-9-15(16(10-23)20(24)25-19)13-4-6-17(21)18(22)8-13/h3-9H,1-2H3,(H2,24,25). The highest BCUT2D eigenvalue weighted by atomic mass is 35.5. The number of nitriles is 1. The molecule has 2 aromatic carbocycles. The maximum atomic E-state index is 9.51. The van der Waals surface area contributed by atoms with Crippen LogP contribution in [-0.4, -0.2) is 4.98 Å². The summed E-state index contributed by atoms with van der Waals surface area (Å²) < 4.78 is 0. The lowest BCUT2D eigenvalue weighted by Gasteiger charge is -2.12. The van der Waals surface area contributed by atoms with Crippen LogP contribution in [0.15, 0.2) is 42.5 Å². The Morgan fingerprint density at radius 3 is 2.36 bits per heavy atom. The number of hydrogen-bond donors (Lipinski definition) is 1. The number of halogens is 2. The van der Waals surface area contributed by atoms with E-state index in [4.69, 9.17) is 28.9 Å². The van der Waals surface area contributed by atoms with Gasteiger partial charge < -0.3 is 5.73 Å². The number of benzene rings is 2. The van der Waals surface area contributed by atoms with E-state index in [1.165, 1.54) is 5.56 Å². The van der Waals surface area contributed by atoms with Gasteiger partial charge in [0.15, 0.2) is 0 Å². The van der Waals surface area contributed by atoms with E-state index in [9.17, 15) is 5.26 Å². The van der Waals surface area contributed by atoms with Gasteiger partial charge in [-0.25, -0.2) is 4.98 Å². The van der Waals surface area contributed by atoms with Gasteiger partial charge in [-0.15, -0.1) is 0 Å². The van der Waals surface area contributed by atoms with Crippen LogP contribution in [0.4, 0.5) is 5.82 Å². The molecule has 3 aromatic rings. The number of aryl methyl sites for hydroxylation is 2. The van der Waals surface area contributed by atoms with Crippen LogP contribution in [0.25, 0.3) is 22.4 Å². The van der Waals surface area contributed by atoms with Gasteiger partial charge in [-0.2, -0.15) is 5.26 Å². The van der Waals surface area contributed by atoms with Crippen molar-refractivity contribution in [3.05, 3.63) is 69.2 Å². The Kier molecular flexibility index (Phi) is 4.67. The average Bonchev–Trinajstić information content (AvgIpc) is 2.56. The van der Waals surface area contributed by atoms with Crippen LogP contribution in [0.5, 0.6) is 0 Å². The molecule has 0 atom stereocenters. The number of anilines is 1. The zero-order valence-electron chi connectivity index (χ0n) is 13.8. The molecule has 25 heavy (non-hydrogen) atoms. The van der Waals surface area contributed by atoms with E-state index < -0.39 is 0 Å². The molecule has 0 fully saturated rings. The van der Waals surface area contributed by atoms with Gasteiger partial charge in [-0.1, -0.05) is 53.0 Å². The Bertz CT molecular complexity index is 1020. The molecule has 124 valence electrons. The first-order chi connectivity index (χ1) is 11.9. The molecule has 3 rings (SSSR count). The highest BCUT2D eigenvalue weighted by molar-refractivity contribution is 6.42. The van der Waals surface area contributed by atoms with Crippen molar-refractivity contribution in [1.82, 2.24) is 4.98 Å². The number of aromatic nitrogens is 1. The summed E-state index contributed by atoms with van der Waals surface area (Å²) in [7, 11) is 0. The maximum absolute atomic E-state index is 9.51. The molecule has 0 amide bonds. The normalized spacial score (nSPS) is 10.5. The van der Waals surface area contributed by atoms with Gasteiger partial charge in [0, 0.05) is 11.1 Å². The Labute approximate surface area is 156 Å². The van der Waals surface area contributed by atoms with Gasteiger partial charge in [-0.05, 0) is 43.2 Å². The summed E-state index contributed by atoms with van der Waals surface area (Å²) in [4.78, 5) is 4.43.